The smallest absolute Gasteiger partial charge is 0.259 e. The molecule has 0 saturated heterocycles. The highest BCUT2D eigenvalue weighted by atomic mass is 35.5. The lowest BCUT2D eigenvalue weighted by molar-refractivity contribution is -0.130. The van der Waals surface area contributed by atoms with Gasteiger partial charge in [0, 0.05) is 20.6 Å². The topological polar surface area (TPSA) is 55.6 Å². The minimum atomic E-state index is -0.112. The molecule has 0 aromatic heterocycles. The second-order valence-corrected chi connectivity index (χ2v) is 3.95. The molecule has 88 valence electrons. The zero-order chi connectivity index (χ0) is 12.1. The van der Waals surface area contributed by atoms with Gasteiger partial charge >= 0.3 is 0 Å². The molecule has 0 aliphatic heterocycles. The number of ether oxygens (including phenoxy) is 1. The Morgan fingerprint density at radius 3 is 2.69 bits per heavy atom. The fourth-order valence-corrected chi connectivity index (χ4v) is 1.31. The zero-order valence-electron chi connectivity index (χ0n) is 9.37. The van der Waals surface area contributed by atoms with E-state index in [1.807, 2.05) is 6.07 Å². The van der Waals surface area contributed by atoms with Crippen molar-refractivity contribution >= 4 is 17.5 Å². The predicted octanol–water partition coefficient (Wildman–Crippen LogP) is 1.27. The number of nitrogens with zero attached hydrogens (tertiary/aromatic N) is 1. The van der Waals surface area contributed by atoms with Gasteiger partial charge in [-0.3, -0.25) is 4.79 Å². The average Bonchev–Trinajstić information content (AvgIpc) is 2.26. The zero-order valence-corrected chi connectivity index (χ0v) is 10.1. The van der Waals surface area contributed by atoms with Crippen molar-refractivity contribution in [1.82, 2.24) is 4.90 Å². The number of benzene rings is 1. The Labute approximate surface area is 99.9 Å². The fourth-order valence-electron chi connectivity index (χ4n) is 1.06. The SMILES string of the molecule is CN(C)C(=O)COc1ccc(CN)cc1Cl. The van der Waals surface area contributed by atoms with E-state index in [0.717, 1.165) is 5.56 Å². The molecule has 0 atom stereocenters. The molecule has 0 fully saturated rings. The highest BCUT2D eigenvalue weighted by Gasteiger charge is 2.07. The van der Waals surface area contributed by atoms with E-state index in [0.29, 0.717) is 17.3 Å². The maximum atomic E-state index is 11.3. The maximum absolute atomic E-state index is 11.3. The van der Waals surface area contributed by atoms with Gasteiger partial charge in [-0.1, -0.05) is 17.7 Å². The Kier molecular flexibility index (Phi) is 4.58. The van der Waals surface area contributed by atoms with Crippen LogP contribution in [0.2, 0.25) is 5.02 Å². The molecule has 0 aliphatic rings. The van der Waals surface area contributed by atoms with Gasteiger partial charge in [0.25, 0.3) is 5.91 Å². The van der Waals surface area contributed by atoms with Crippen LogP contribution in [0.3, 0.4) is 0 Å². The summed E-state index contributed by atoms with van der Waals surface area (Å²) in [6, 6.07) is 5.27. The van der Waals surface area contributed by atoms with Crippen LogP contribution in [0.15, 0.2) is 18.2 Å². The molecule has 1 amide bonds. The lowest BCUT2D eigenvalue weighted by Crippen LogP contribution is -2.27. The molecule has 1 aromatic rings. The monoisotopic (exact) mass is 242 g/mol. The van der Waals surface area contributed by atoms with Crippen LogP contribution in [0.1, 0.15) is 5.56 Å². The summed E-state index contributed by atoms with van der Waals surface area (Å²) in [4.78, 5) is 12.7. The van der Waals surface area contributed by atoms with Gasteiger partial charge in [-0.25, -0.2) is 0 Å². The summed E-state index contributed by atoms with van der Waals surface area (Å²) in [6.45, 7) is 0.408. The van der Waals surface area contributed by atoms with Gasteiger partial charge in [-0.2, -0.15) is 0 Å². The number of carbonyl (C=O) groups excluding carboxylic acids is 1. The van der Waals surface area contributed by atoms with Gasteiger partial charge in [0.05, 0.1) is 5.02 Å². The Hall–Kier alpha value is -1.26. The average molecular weight is 243 g/mol. The molecule has 4 nitrogen and oxygen atoms in total. The van der Waals surface area contributed by atoms with Crippen LogP contribution < -0.4 is 10.5 Å². The molecular formula is C11H15ClN2O2. The molecule has 0 saturated carbocycles. The quantitative estimate of drug-likeness (QED) is 0.865. The van der Waals surface area contributed by atoms with E-state index < -0.39 is 0 Å². The van der Waals surface area contributed by atoms with Gasteiger partial charge in [0.15, 0.2) is 6.61 Å². The van der Waals surface area contributed by atoms with Crippen molar-refractivity contribution in [2.45, 2.75) is 6.54 Å². The van der Waals surface area contributed by atoms with Crippen molar-refractivity contribution in [3.8, 4) is 5.75 Å². The first-order valence-electron chi connectivity index (χ1n) is 4.86. The summed E-state index contributed by atoms with van der Waals surface area (Å²) in [5.74, 6) is 0.382. The van der Waals surface area contributed by atoms with E-state index >= 15 is 0 Å². The molecule has 16 heavy (non-hydrogen) atoms. The standard InChI is InChI=1S/C11H15ClN2O2/c1-14(2)11(15)7-16-10-4-3-8(6-13)5-9(10)12/h3-5H,6-7,13H2,1-2H3. The van der Waals surface area contributed by atoms with Gasteiger partial charge in [-0.15, -0.1) is 0 Å². The largest absolute Gasteiger partial charge is 0.482 e. The summed E-state index contributed by atoms with van der Waals surface area (Å²) in [5, 5.41) is 0.467. The van der Waals surface area contributed by atoms with Crippen molar-refractivity contribution in [1.29, 1.82) is 0 Å². The van der Waals surface area contributed by atoms with Gasteiger partial charge in [0.2, 0.25) is 0 Å². The van der Waals surface area contributed by atoms with Crippen molar-refractivity contribution in [2.75, 3.05) is 20.7 Å². The van der Waals surface area contributed by atoms with Crippen LogP contribution in [0.25, 0.3) is 0 Å². The van der Waals surface area contributed by atoms with Gasteiger partial charge < -0.3 is 15.4 Å². The molecular weight excluding hydrogens is 228 g/mol. The molecule has 0 heterocycles. The third kappa shape index (κ3) is 3.40. The lowest BCUT2D eigenvalue weighted by Gasteiger charge is -2.12. The van der Waals surface area contributed by atoms with E-state index in [2.05, 4.69) is 0 Å². The van der Waals surface area contributed by atoms with Crippen molar-refractivity contribution < 1.29 is 9.53 Å². The van der Waals surface area contributed by atoms with E-state index in [1.54, 1.807) is 26.2 Å². The van der Waals surface area contributed by atoms with Crippen molar-refractivity contribution in [3.05, 3.63) is 28.8 Å². The first-order chi connectivity index (χ1) is 7.54. The predicted molar refractivity (Wildman–Crippen MR) is 63.5 cm³/mol. The Morgan fingerprint density at radius 2 is 2.19 bits per heavy atom. The van der Waals surface area contributed by atoms with Crippen LogP contribution in [-0.4, -0.2) is 31.5 Å². The van der Waals surface area contributed by atoms with Crippen LogP contribution in [0, 0.1) is 0 Å². The Morgan fingerprint density at radius 1 is 1.50 bits per heavy atom. The number of hydrogen-bond donors (Lipinski definition) is 1. The minimum Gasteiger partial charge on any atom is -0.482 e. The van der Waals surface area contributed by atoms with Crippen LogP contribution in [0.5, 0.6) is 5.75 Å². The Bertz CT molecular complexity index is 380. The fraction of sp³-hybridized carbons (Fsp3) is 0.364. The third-order valence-corrected chi connectivity index (χ3v) is 2.38. The van der Waals surface area contributed by atoms with E-state index in [-0.39, 0.29) is 12.5 Å². The number of nitrogens with two attached hydrogens (primary N) is 1. The summed E-state index contributed by atoms with van der Waals surface area (Å²) in [6.07, 6.45) is 0. The normalized spacial score (nSPS) is 10.0. The second kappa shape index (κ2) is 5.72. The molecule has 1 aromatic carbocycles. The molecule has 0 bridgehead atoms. The first-order valence-corrected chi connectivity index (χ1v) is 5.24. The van der Waals surface area contributed by atoms with Crippen LogP contribution in [-0.2, 0) is 11.3 Å². The van der Waals surface area contributed by atoms with Crippen LogP contribution in [0.4, 0.5) is 0 Å². The van der Waals surface area contributed by atoms with Gasteiger partial charge in [0.1, 0.15) is 5.75 Å². The number of likely N-dealkylation sites (N-methyl/N-ethyl adjacent to an activating group) is 1. The second-order valence-electron chi connectivity index (χ2n) is 3.55. The van der Waals surface area contributed by atoms with E-state index in [9.17, 15) is 4.79 Å². The number of amides is 1. The Balaban J connectivity index is 2.64. The van der Waals surface area contributed by atoms with Crippen molar-refractivity contribution in [3.63, 3.8) is 0 Å². The van der Waals surface area contributed by atoms with Crippen LogP contribution >= 0.6 is 11.6 Å². The first kappa shape index (κ1) is 12.8. The highest BCUT2D eigenvalue weighted by molar-refractivity contribution is 6.32. The molecule has 1 rings (SSSR count). The number of rotatable bonds is 4. The van der Waals surface area contributed by atoms with Gasteiger partial charge in [-0.05, 0) is 17.7 Å². The highest BCUT2D eigenvalue weighted by Crippen LogP contribution is 2.25. The minimum absolute atomic E-state index is 0.0192. The number of hydrogen-bond acceptors (Lipinski definition) is 3. The number of halogens is 1. The summed E-state index contributed by atoms with van der Waals surface area (Å²) in [7, 11) is 3.34. The maximum Gasteiger partial charge on any atom is 0.259 e. The molecule has 0 aliphatic carbocycles. The molecule has 5 heteroatoms. The van der Waals surface area contributed by atoms with E-state index in [4.69, 9.17) is 22.1 Å². The molecule has 2 N–H and O–H groups in total. The molecule has 0 spiro atoms. The molecule has 0 radical (unpaired) electrons. The number of carbonyl (C=O) groups is 1. The summed E-state index contributed by atoms with van der Waals surface area (Å²) < 4.78 is 5.30. The third-order valence-electron chi connectivity index (χ3n) is 2.08. The summed E-state index contributed by atoms with van der Waals surface area (Å²) >= 11 is 5.97. The van der Waals surface area contributed by atoms with Crippen molar-refractivity contribution in [2.24, 2.45) is 5.73 Å². The summed E-state index contributed by atoms with van der Waals surface area (Å²) in [5.41, 5.74) is 6.40. The molecule has 0 unspecified atom stereocenters. The lowest BCUT2D eigenvalue weighted by atomic mass is 10.2. The van der Waals surface area contributed by atoms with E-state index in [1.165, 1.54) is 4.90 Å².